The predicted molar refractivity (Wildman–Crippen MR) is 66.3 cm³/mol. The number of unbranched alkanes of at least 4 members (excludes halogenated alkanes) is 3. The summed E-state index contributed by atoms with van der Waals surface area (Å²) in [5.74, 6) is -0.900. The molecule has 0 bridgehead atoms. The largest absolute Gasteiger partial charge is 0.480 e. The highest BCUT2D eigenvalue weighted by atomic mass is 16.4. The molecule has 0 saturated carbocycles. The van der Waals surface area contributed by atoms with E-state index in [9.17, 15) is 4.79 Å². The van der Waals surface area contributed by atoms with Gasteiger partial charge in [0.2, 0.25) is 0 Å². The Hall–Kier alpha value is -0.870. The maximum absolute atomic E-state index is 10.1. The molecule has 4 N–H and O–H groups in total. The van der Waals surface area contributed by atoms with Gasteiger partial charge in [0.1, 0.15) is 6.04 Å². The lowest BCUT2D eigenvalue weighted by molar-refractivity contribution is -0.138. The van der Waals surface area contributed by atoms with Crippen LogP contribution in [0, 0.1) is 0 Å². The smallest absolute Gasteiger partial charge is 0.320 e. The number of carboxylic acid groups (broad SMARTS) is 1. The highest BCUT2D eigenvalue weighted by Crippen LogP contribution is 1.97. The minimum Gasteiger partial charge on any atom is -0.480 e. The van der Waals surface area contributed by atoms with Gasteiger partial charge in [0.15, 0.2) is 0 Å². The van der Waals surface area contributed by atoms with Crippen LogP contribution in [0.1, 0.15) is 45.4 Å². The van der Waals surface area contributed by atoms with Gasteiger partial charge in [0.25, 0.3) is 0 Å². The fourth-order valence-electron chi connectivity index (χ4n) is 0.948. The van der Waals surface area contributed by atoms with Gasteiger partial charge in [-0.15, -0.1) is 6.58 Å². The average molecular weight is 231 g/mol. The number of allylic oxidation sites excluding steroid dienone is 1. The van der Waals surface area contributed by atoms with Gasteiger partial charge >= 0.3 is 5.97 Å². The van der Waals surface area contributed by atoms with E-state index in [4.69, 9.17) is 15.9 Å². The van der Waals surface area contributed by atoms with Crippen molar-refractivity contribution >= 4 is 5.97 Å². The molecule has 16 heavy (non-hydrogen) atoms. The molecule has 0 unspecified atom stereocenters. The second-order valence-electron chi connectivity index (χ2n) is 3.60. The lowest BCUT2D eigenvalue weighted by atomic mass is 10.1. The van der Waals surface area contributed by atoms with Crippen LogP contribution < -0.4 is 5.73 Å². The van der Waals surface area contributed by atoms with Gasteiger partial charge in [-0.2, -0.15) is 0 Å². The minimum absolute atomic E-state index is 0.313. The van der Waals surface area contributed by atoms with Crippen molar-refractivity contribution in [3.8, 4) is 0 Å². The Balaban J connectivity index is 0. The normalized spacial score (nSPS) is 11.2. The van der Waals surface area contributed by atoms with Gasteiger partial charge in [0.05, 0.1) is 0 Å². The molecule has 1 atom stereocenters. The summed E-state index contributed by atoms with van der Waals surface area (Å²) in [6.45, 7) is 5.87. The second-order valence-corrected chi connectivity index (χ2v) is 3.60. The maximum Gasteiger partial charge on any atom is 0.320 e. The summed E-state index contributed by atoms with van der Waals surface area (Å²) < 4.78 is 0. The highest BCUT2D eigenvalue weighted by molar-refractivity contribution is 5.72. The molecular weight excluding hydrogens is 206 g/mol. The van der Waals surface area contributed by atoms with E-state index in [0.29, 0.717) is 13.0 Å². The molecule has 0 amide bonds. The molecule has 0 aliphatic carbocycles. The van der Waals surface area contributed by atoms with E-state index in [1.807, 2.05) is 13.0 Å². The van der Waals surface area contributed by atoms with E-state index in [2.05, 4.69) is 6.58 Å². The molecule has 4 nitrogen and oxygen atoms in total. The first kappa shape index (κ1) is 17.5. The lowest BCUT2D eigenvalue weighted by Gasteiger charge is -2.02. The molecule has 0 aromatic heterocycles. The van der Waals surface area contributed by atoms with E-state index in [-0.39, 0.29) is 0 Å². The van der Waals surface area contributed by atoms with Crippen LogP contribution in [0.5, 0.6) is 0 Å². The zero-order chi connectivity index (χ0) is 12.8. The van der Waals surface area contributed by atoms with Gasteiger partial charge in [-0.1, -0.05) is 25.8 Å². The first-order valence-corrected chi connectivity index (χ1v) is 5.80. The Kier molecular flexibility index (Phi) is 15.5. The van der Waals surface area contributed by atoms with Crippen LogP contribution >= 0.6 is 0 Å². The third kappa shape index (κ3) is 15.6. The summed E-state index contributed by atoms with van der Waals surface area (Å²) in [6.07, 6.45) is 7.36. The molecule has 4 heteroatoms. The number of hydrogen-bond acceptors (Lipinski definition) is 3. The number of hydrogen-bond donors (Lipinski definition) is 3. The van der Waals surface area contributed by atoms with E-state index in [0.717, 1.165) is 32.1 Å². The number of aliphatic hydroxyl groups is 1. The van der Waals surface area contributed by atoms with Crippen LogP contribution in [0.4, 0.5) is 0 Å². The summed E-state index contributed by atoms with van der Waals surface area (Å²) in [5.41, 5.74) is 5.20. The molecule has 0 fully saturated rings. The zero-order valence-corrected chi connectivity index (χ0v) is 10.2. The molecule has 0 heterocycles. The van der Waals surface area contributed by atoms with E-state index in [1.54, 1.807) is 0 Å². The van der Waals surface area contributed by atoms with Gasteiger partial charge in [-0.3, -0.25) is 4.79 Å². The zero-order valence-electron chi connectivity index (χ0n) is 10.2. The molecule has 0 radical (unpaired) electrons. The van der Waals surface area contributed by atoms with E-state index >= 15 is 0 Å². The van der Waals surface area contributed by atoms with E-state index in [1.165, 1.54) is 0 Å². The fraction of sp³-hybridized carbons (Fsp3) is 0.750. The monoisotopic (exact) mass is 231 g/mol. The van der Waals surface area contributed by atoms with Crippen molar-refractivity contribution < 1.29 is 15.0 Å². The summed E-state index contributed by atoms with van der Waals surface area (Å²) in [5, 5.41) is 16.5. The maximum atomic E-state index is 10.1. The Bertz CT molecular complexity index is 172. The van der Waals surface area contributed by atoms with Crippen LogP contribution in [0.3, 0.4) is 0 Å². The molecule has 0 aromatic rings. The van der Waals surface area contributed by atoms with Crippen molar-refractivity contribution in [3.63, 3.8) is 0 Å². The first-order chi connectivity index (χ1) is 7.59. The average Bonchev–Trinajstić information content (AvgIpc) is 2.27. The van der Waals surface area contributed by atoms with Crippen molar-refractivity contribution in [2.75, 3.05) is 6.61 Å². The van der Waals surface area contributed by atoms with Crippen molar-refractivity contribution in [1.82, 2.24) is 0 Å². The van der Waals surface area contributed by atoms with Crippen molar-refractivity contribution in [2.24, 2.45) is 5.73 Å². The van der Waals surface area contributed by atoms with Gasteiger partial charge < -0.3 is 15.9 Å². The van der Waals surface area contributed by atoms with Gasteiger partial charge in [-0.25, -0.2) is 0 Å². The Labute approximate surface area is 98.2 Å². The lowest BCUT2D eigenvalue weighted by Crippen LogP contribution is -2.29. The van der Waals surface area contributed by atoms with Crippen LogP contribution in [-0.4, -0.2) is 28.8 Å². The third-order valence-corrected chi connectivity index (χ3v) is 2.00. The Morgan fingerprint density at radius 2 is 2.06 bits per heavy atom. The van der Waals surface area contributed by atoms with Crippen LogP contribution in [0.25, 0.3) is 0 Å². The quantitative estimate of drug-likeness (QED) is 0.440. The minimum atomic E-state index is -0.900. The number of aliphatic hydroxyl groups excluding tert-OH is 1. The molecule has 0 spiro atoms. The predicted octanol–water partition coefficient (Wildman–Crippen LogP) is 1.92. The molecule has 0 aromatic carbocycles. The SMILES string of the molecule is C=CCCCCO.CCCC[C@H](N)C(=O)O. The molecule has 0 saturated heterocycles. The molecule has 0 aliphatic heterocycles. The topological polar surface area (TPSA) is 83.5 Å². The summed E-state index contributed by atoms with van der Waals surface area (Å²) in [7, 11) is 0. The van der Waals surface area contributed by atoms with Crippen LogP contribution in [0.2, 0.25) is 0 Å². The Morgan fingerprint density at radius 1 is 1.44 bits per heavy atom. The number of aliphatic carboxylic acids is 1. The summed E-state index contributed by atoms with van der Waals surface area (Å²) >= 11 is 0. The number of carboxylic acids is 1. The number of carbonyl (C=O) groups is 1. The van der Waals surface area contributed by atoms with E-state index < -0.39 is 12.0 Å². The fourth-order valence-corrected chi connectivity index (χ4v) is 0.948. The summed E-state index contributed by atoms with van der Waals surface area (Å²) in [6, 6.07) is -0.662. The molecule has 0 rings (SSSR count). The third-order valence-electron chi connectivity index (χ3n) is 2.00. The molecule has 96 valence electrons. The van der Waals surface area contributed by atoms with Crippen molar-refractivity contribution in [3.05, 3.63) is 12.7 Å². The number of nitrogens with two attached hydrogens (primary N) is 1. The van der Waals surface area contributed by atoms with Gasteiger partial charge in [-0.05, 0) is 25.7 Å². The first-order valence-electron chi connectivity index (χ1n) is 5.80. The van der Waals surface area contributed by atoms with Gasteiger partial charge in [0, 0.05) is 6.61 Å². The number of rotatable bonds is 8. The molecule has 0 aliphatic rings. The van der Waals surface area contributed by atoms with Crippen molar-refractivity contribution in [2.45, 2.75) is 51.5 Å². The highest BCUT2D eigenvalue weighted by Gasteiger charge is 2.08. The van der Waals surface area contributed by atoms with Crippen molar-refractivity contribution in [1.29, 1.82) is 0 Å². The Morgan fingerprint density at radius 3 is 2.44 bits per heavy atom. The summed E-state index contributed by atoms with van der Waals surface area (Å²) in [4.78, 5) is 10.1. The standard InChI is InChI=1S/C6H13NO2.C6H12O/c1-2-3-4-5(7)6(8)9;1-2-3-4-5-6-7/h5H,2-4,7H2,1H3,(H,8,9);2,7H,1,3-6H2/t5-;/m0./s1. The van der Waals surface area contributed by atoms with Crippen LogP contribution in [-0.2, 0) is 4.79 Å². The molecular formula is C12H25NO3. The van der Waals surface area contributed by atoms with Crippen LogP contribution in [0.15, 0.2) is 12.7 Å². The second kappa shape index (κ2) is 14.1.